The van der Waals surface area contributed by atoms with Crippen molar-refractivity contribution in [3.05, 3.63) is 75.8 Å². The first kappa shape index (κ1) is 21.1. The molecule has 1 fully saturated rings. The molecule has 0 bridgehead atoms. The summed E-state index contributed by atoms with van der Waals surface area (Å²) in [4.78, 5) is 30.0. The fourth-order valence-corrected chi connectivity index (χ4v) is 3.97. The Labute approximate surface area is 180 Å². The molecule has 1 N–H and O–H groups in total. The van der Waals surface area contributed by atoms with Gasteiger partial charge >= 0.3 is 0 Å². The molecule has 0 saturated carbocycles. The van der Waals surface area contributed by atoms with E-state index in [2.05, 4.69) is 10.2 Å². The Bertz CT molecular complexity index is 1150. The average Bonchev–Trinajstić information content (AvgIpc) is 2.78. The fraction of sp³-hybridized carbons (Fsp3) is 0.333. The van der Waals surface area contributed by atoms with Gasteiger partial charge < -0.3 is 19.7 Å². The molecule has 3 aromatic rings. The first-order valence-corrected chi connectivity index (χ1v) is 10.6. The van der Waals surface area contributed by atoms with E-state index in [-0.39, 0.29) is 17.0 Å². The SMILES string of the molecule is CCn1c(=O)c(C(=O)N2CCN(C)CC2)cc2cc(F)c(NCc3ccccc3)cc21. The summed E-state index contributed by atoms with van der Waals surface area (Å²) in [6.07, 6.45) is 0. The van der Waals surface area contributed by atoms with Gasteiger partial charge in [-0.15, -0.1) is 0 Å². The smallest absolute Gasteiger partial charge is 0.263 e. The number of hydrogen-bond acceptors (Lipinski definition) is 4. The van der Waals surface area contributed by atoms with Gasteiger partial charge in [0.1, 0.15) is 11.4 Å². The van der Waals surface area contributed by atoms with E-state index in [4.69, 9.17) is 0 Å². The minimum absolute atomic E-state index is 0.100. The molecule has 1 amide bonds. The highest BCUT2D eigenvalue weighted by atomic mass is 19.1. The number of likely N-dealkylation sites (N-methyl/N-ethyl adjacent to an activating group) is 1. The molecule has 0 unspecified atom stereocenters. The van der Waals surface area contributed by atoms with E-state index in [1.54, 1.807) is 15.5 Å². The van der Waals surface area contributed by atoms with Crippen molar-refractivity contribution in [3.63, 3.8) is 0 Å². The topological polar surface area (TPSA) is 57.6 Å². The molecule has 4 rings (SSSR count). The molecule has 2 aromatic carbocycles. The van der Waals surface area contributed by atoms with Gasteiger partial charge in [-0.05, 0) is 37.7 Å². The highest BCUT2D eigenvalue weighted by molar-refractivity contribution is 5.98. The van der Waals surface area contributed by atoms with Crippen LogP contribution in [0.2, 0.25) is 0 Å². The third kappa shape index (κ3) is 4.32. The highest BCUT2D eigenvalue weighted by Crippen LogP contribution is 2.24. The van der Waals surface area contributed by atoms with Gasteiger partial charge in [0, 0.05) is 44.7 Å². The zero-order chi connectivity index (χ0) is 22.0. The number of aromatic nitrogens is 1. The Hall–Kier alpha value is -3.19. The Balaban J connectivity index is 1.69. The summed E-state index contributed by atoms with van der Waals surface area (Å²) < 4.78 is 16.4. The predicted octanol–water partition coefficient (Wildman–Crippen LogP) is 3.16. The summed E-state index contributed by atoms with van der Waals surface area (Å²) in [6, 6.07) is 14.3. The van der Waals surface area contributed by atoms with E-state index in [9.17, 15) is 14.0 Å². The van der Waals surface area contributed by atoms with Crippen molar-refractivity contribution in [1.82, 2.24) is 14.4 Å². The van der Waals surface area contributed by atoms with Gasteiger partial charge in [0.25, 0.3) is 11.5 Å². The third-order valence-electron chi connectivity index (χ3n) is 5.85. The molecular weight excluding hydrogens is 395 g/mol. The van der Waals surface area contributed by atoms with Gasteiger partial charge in [-0.1, -0.05) is 30.3 Å². The van der Waals surface area contributed by atoms with Crippen LogP contribution in [-0.4, -0.2) is 53.5 Å². The number of nitrogens with zero attached hydrogens (tertiary/aromatic N) is 3. The summed E-state index contributed by atoms with van der Waals surface area (Å²) >= 11 is 0. The van der Waals surface area contributed by atoms with Crippen LogP contribution < -0.4 is 10.9 Å². The summed E-state index contributed by atoms with van der Waals surface area (Å²) in [5, 5.41) is 3.66. The Morgan fingerprint density at radius 1 is 1.06 bits per heavy atom. The zero-order valence-electron chi connectivity index (χ0n) is 17.9. The van der Waals surface area contributed by atoms with Gasteiger partial charge in [-0.25, -0.2) is 4.39 Å². The van der Waals surface area contributed by atoms with E-state index in [1.165, 1.54) is 12.1 Å². The van der Waals surface area contributed by atoms with Gasteiger partial charge in [-0.2, -0.15) is 0 Å². The van der Waals surface area contributed by atoms with Crippen LogP contribution in [0, 0.1) is 5.82 Å². The fourth-order valence-electron chi connectivity index (χ4n) is 3.97. The van der Waals surface area contributed by atoms with Crippen molar-refractivity contribution < 1.29 is 9.18 Å². The number of carbonyl (C=O) groups is 1. The Kier molecular flexibility index (Phi) is 6.04. The Morgan fingerprint density at radius 3 is 2.45 bits per heavy atom. The van der Waals surface area contributed by atoms with Gasteiger partial charge in [0.15, 0.2) is 0 Å². The maximum atomic E-state index is 14.8. The zero-order valence-corrected chi connectivity index (χ0v) is 17.9. The lowest BCUT2D eigenvalue weighted by Crippen LogP contribution is -2.48. The number of pyridine rings is 1. The van der Waals surface area contributed by atoms with Crippen LogP contribution in [0.4, 0.5) is 10.1 Å². The number of anilines is 1. The molecule has 6 nitrogen and oxygen atoms in total. The first-order chi connectivity index (χ1) is 15.0. The van der Waals surface area contributed by atoms with Crippen LogP contribution in [0.1, 0.15) is 22.8 Å². The van der Waals surface area contributed by atoms with Crippen LogP contribution in [0.15, 0.2) is 53.3 Å². The van der Waals surface area contributed by atoms with E-state index in [0.29, 0.717) is 42.8 Å². The minimum atomic E-state index is -0.414. The van der Waals surface area contributed by atoms with Crippen molar-refractivity contribution in [2.24, 2.45) is 0 Å². The van der Waals surface area contributed by atoms with E-state index >= 15 is 0 Å². The number of nitrogens with one attached hydrogen (secondary N) is 1. The van der Waals surface area contributed by atoms with Crippen molar-refractivity contribution in [1.29, 1.82) is 0 Å². The van der Waals surface area contributed by atoms with Crippen molar-refractivity contribution >= 4 is 22.5 Å². The number of rotatable bonds is 5. The third-order valence-corrected chi connectivity index (χ3v) is 5.85. The number of piperazine rings is 1. The van der Waals surface area contributed by atoms with E-state index in [1.807, 2.05) is 44.3 Å². The van der Waals surface area contributed by atoms with E-state index < -0.39 is 5.82 Å². The molecule has 1 aromatic heterocycles. The molecule has 31 heavy (non-hydrogen) atoms. The van der Waals surface area contributed by atoms with Crippen molar-refractivity contribution in [3.8, 4) is 0 Å². The molecular formula is C24H27FN4O2. The maximum absolute atomic E-state index is 14.8. The molecule has 7 heteroatoms. The second-order valence-corrected chi connectivity index (χ2v) is 7.93. The predicted molar refractivity (Wildman–Crippen MR) is 121 cm³/mol. The number of amides is 1. The monoisotopic (exact) mass is 422 g/mol. The lowest BCUT2D eigenvalue weighted by molar-refractivity contribution is 0.0662. The number of hydrogen-bond donors (Lipinski definition) is 1. The molecule has 1 saturated heterocycles. The summed E-state index contributed by atoms with van der Waals surface area (Å²) in [6.45, 7) is 5.41. The van der Waals surface area contributed by atoms with Crippen molar-refractivity contribution in [2.75, 3.05) is 38.5 Å². The molecule has 0 radical (unpaired) electrons. The number of benzene rings is 2. The number of fused-ring (bicyclic) bond motifs is 1. The number of carbonyl (C=O) groups excluding carboxylic acids is 1. The molecule has 1 aliphatic rings. The molecule has 162 valence electrons. The average molecular weight is 423 g/mol. The second kappa shape index (κ2) is 8.89. The minimum Gasteiger partial charge on any atom is -0.379 e. The molecule has 0 spiro atoms. The second-order valence-electron chi connectivity index (χ2n) is 7.93. The highest BCUT2D eigenvalue weighted by Gasteiger charge is 2.24. The van der Waals surface area contributed by atoms with Gasteiger partial charge in [0.2, 0.25) is 0 Å². The lowest BCUT2D eigenvalue weighted by atomic mass is 10.1. The maximum Gasteiger partial charge on any atom is 0.263 e. The number of aryl methyl sites for hydroxylation is 1. The van der Waals surface area contributed by atoms with Gasteiger partial charge in [0.05, 0.1) is 11.2 Å². The largest absolute Gasteiger partial charge is 0.379 e. The van der Waals surface area contributed by atoms with E-state index in [0.717, 1.165) is 18.7 Å². The normalized spacial score (nSPS) is 14.7. The molecule has 1 aliphatic heterocycles. The summed E-state index contributed by atoms with van der Waals surface area (Å²) in [7, 11) is 2.01. The summed E-state index contributed by atoms with van der Waals surface area (Å²) in [5.74, 6) is -0.698. The van der Waals surface area contributed by atoms with Crippen molar-refractivity contribution in [2.45, 2.75) is 20.0 Å². The quantitative estimate of drug-likeness (QED) is 0.686. The summed E-state index contributed by atoms with van der Waals surface area (Å²) in [5.41, 5.74) is 1.74. The lowest BCUT2D eigenvalue weighted by Gasteiger charge is -2.32. The van der Waals surface area contributed by atoms with Crippen LogP contribution >= 0.6 is 0 Å². The van der Waals surface area contributed by atoms with Gasteiger partial charge in [-0.3, -0.25) is 9.59 Å². The molecule has 2 heterocycles. The standard InChI is InChI=1S/C24H27FN4O2/c1-3-29-22-15-21(26-16-17-7-5-4-6-8-17)20(25)14-18(22)13-19(24(29)31)23(30)28-11-9-27(2)10-12-28/h4-8,13-15,26H,3,9-12,16H2,1-2H3. The molecule has 0 atom stereocenters. The first-order valence-electron chi connectivity index (χ1n) is 10.6. The van der Waals surface area contributed by atoms with Crippen LogP contribution in [0.25, 0.3) is 10.9 Å². The number of halogens is 1. The Morgan fingerprint density at radius 2 is 1.77 bits per heavy atom. The van der Waals surface area contributed by atoms with Crippen LogP contribution in [0.3, 0.4) is 0 Å². The molecule has 0 aliphatic carbocycles. The van der Waals surface area contributed by atoms with Crippen LogP contribution in [-0.2, 0) is 13.1 Å². The van der Waals surface area contributed by atoms with Crippen LogP contribution in [0.5, 0.6) is 0 Å².